The van der Waals surface area contributed by atoms with Crippen molar-refractivity contribution in [2.45, 2.75) is 58.3 Å². The van der Waals surface area contributed by atoms with Gasteiger partial charge in [0.2, 0.25) is 0 Å². The molecule has 1 aliphatic heterocycles. The summed E-state index contributed by atoms with van der Waals surface area (Å²) in [4.78, 5) is 0. The normalized spacial score (nSPS) is 31.3. The van der Waals surface area contributed by atoms with Gasteiger partial charge in [0.05, 0.1) is 12.7 Å². The second-order valence-electron chi connectivity index (χ2n) is 5.40. The van der Waals surface area contributed by atoms with E-state index < -0.39 is 5.79 Å². The molecule has 0 radical (unpaired) electrons. The number of ether oxygens (including phenoxy) is 2. The van der Waals surface area contributed by atoms with Gasteiger partial charge in [-0.1, -0.05) is 57.5 Å². The maximum absolute atomic E-state index is 6.43. The van der Waals surface area contributed by atoms with Gasteiger partial charge in [-0.3, -0.25) is 0 Å². The van der Waals surface area contributed by atoms with Gasteiger partial charge in [0.25, 0.3) is 0 Å². The van der Waals surface area contributed by atoms with Gasteiger partial charge >= 0.3 is 0 Å². The zero-order valence-electron chi connectivity index (χ0n) is 12.4. The minimum Gasteiger partial charge on any atom is -0.345 e. The Kier molecular flexibility index (Phi) is 5.00. The monoisotopic (exact) mass is 262 g/mol. The Hall–Kier alpha value is -0.860. The van der Waals surface area contributed by atoms with Crippen LogP contribution < -0.4 is 0 Å². The van der Waals surface area contributed by atoms with Crippen molar-refractivity contribution in [3.63, 3.8) is 0 Å². The van der Waals surface area contributed by atoms with E-state index in [0.717, 1.165) is 37.9 Å². The summed E-state index contributed by atoms with van der Waals surface area (Å²) >= 11 is 0. The Morgan fingerprint density at radius 3 is 2.47 bits per heavy atom. The third-order valence-corrected chi connectivity index (χ3v) is 4.17. The third-order valence-electron chi connectivity index (χ3n) is 4.17. The molecule has 0 saturated carbocycles. The molecule has 0 bridgehead atoms. The van der Waals surface area contributed by atoms with Crippen molar-refractivity contribution in [1.82, 2.24) is 0 Å². The quantitative estimate of drug-likeness (QED) is 0.778. The molecule has 1 aliphatic rings. The lowest BCUT2D eigenvalue weighted by molar-refractivity contribution is -0.323. The van der Waals surface area contributed by atoms with E-state index in [2.05, 4.69) is 45.0 Å². The highest BCUT2D eigenvalue weighted by molar-refractivity contribution is 5.20. The Balaban J connectivity index is 2.22. The SMILES string of the molecule is CCCC1OC(CC)(c2ccccc2)OCC1CC. The van der Waals surface area contributed by atoms with Gasteiger partial charge in [0, 0.05) is 17.9 Å². The van der Waals surface area contributed by atoms with Crippen molar-refractivity contribution in [2.75, 3.05) is 6.61 Å². The molecule has 1 saturated heterocycles. The van der Waals surface area contributed by atoms with Gasteiger partial charge in [-0.25, -0.2) is 0 Å². The molecule has 106 valence electrons. The molecule has 3 unspecified atom stereocenters. The van der Waals surface area contributed by atoms with Gasteiger partial charge in [0.1, 0.15) is 0 Å². The predicted octanol–water partition coefficient (Wildman–Crippen LogP) is 4.49. The molecule has 1 heterocycles. The van der Waals surface area contributed by atoms with E-state index >= 15 is 0 Å². The topological polar surface area (TPSA) is 18.5 Å². The van der Waals surface area contributed by atoms with E-state index in [1.54, 1.807) is 0 Å². The van der Waals surface area contributed by atoms with Crippen LogP contribution in [-0.4, -0.2) is 12.7 Å². The molecular formula is C17H26O2. The maximum Gasteiger partial charge on any atom is 0.194 e. The van der Waals surface area contributed by atoms with E-state index in [4.69, 9.17) is 9.47 Å². The van der Waals surface area contributed by atoms with Gasteiger partial charge in [0.15, 0.2) is 5.79 Å². The van der Waals surface area contributed by atoms with Crippen LogP contribution in [0.3, 0.4) is 0 Å². The van der Waals surface area contributed by atoms with Crippen LogP contribution >= 0.6 is 0 Å². The summed E-state index contributed by atoms with van der Waals surface area (Å²) in [6.07, 6.45) is 4.59. The number of benzene rings is 1. The van der Waals surface area contributed by atoms with Crippen molar-refractivity contribution in [2.24, 2.45) is 5.92 Å². The van der Waals surface area contributed by atoms with Gasteiger partial charge in [-0.05, 0) is 12.8 Å². The summed E-state index contributed by atoms with van der Waals surface area (Å²) in [5.74, 6) is -0.00409. The lowest BCUT2D eigenvalue weighted by Gasteiger charge is -2.44. The Morgan fingerprint density at radius 2 is 1.89 bits per heavy atom. The molecule has 0 N–H and O–H groups in total. The first kappa shape index (κ1) is 14.5. The van der Waals surface area contributed by atoms with Crippen molar-refractivity contribution < 1.29 is 9.47 Å². The average molecular weight is 262 g/mol. The molecule has 1 aromatic rings. The molecule has 2 heteroatoms. The number of rotatable bonds is 5. The summed E-state index contributed by atoms with van der Waals surface area (Å²) in [5, 5.41) is 0. The highest BCUT2D eigenvalue weighted by Gasteiger charge is 2.41. The van der Waals surface area contributed by atoms with Crippen LogP contribution in [0, 0.1) is 5.92 Å². The second kappa shape index (κ2) is 6.53. The molecular weight excluding hydrogens is 236 g/mol. The van der Waals surface area contributed by atoms with Crippen LogP contribution in [0.2, 0.25) is 0 Å². The number of hydrogen-bond donors (Lipinski definition) is 0. The van der Waals surface area contributed by atoms with Gasteiger partial charge in [-0.15, -0.1) is 0 Å². The fraction of sp³-hybridized carbons (Fsp3) is 0.647. The minimum atomic E-state index is -0.535. The van der Waals surface area contributed by atoms with E-state index in [1.165, 1.54) is 0 Å². The fourth-order valence-corrected chi connectivity index (χ4v) is 2.92. The lowest BCUT2D eigenvalue weighted by Crippen LogP contribution is -2.46. The first-order valence-electron chi connectivity index (χ1n) is 7.63. The van der Waals surface area contributed by atoms with Crippen molar-refractivity contribution in [1.29, 1.82) is 0 Å². The van der Waals surface area contributed by atoms with E-state index in [-0.39, 0.29) is 0 Å². The van der Waals surface area contributed by atoms with Crippen LogP contribution in [0.4, 0.5) is 0 Å². The van der Waals surface area contributed by atoms with Crippen molar-refractivity contribution in [3.8, 4) is 0 Å². The summed E-state index contributed by atoms with van der Waals surface area (Å²) in [6, 6.07) is 10.4. The van der Waals surface area contributed by atoms with Crippen LogP contribution in [-0.2, 0) is 15.3 Å². The molecule has 1 fully saturated rings. The maximum atomic E-state index is 6.43. The van der Waals surface area contributed by atoms with Gasteiger partial charge < -0.3 is 9.47 Å². The average Bonchev–Trinajstić information content (AvgIpc) is 2.48. The molecule has 3 atom stereocenters. The second-order valence-corrected chi connectivity index (χ2v) is 5.40. The zero-order valence-corrected chi connectivity index (χ0v) is 12.4. The molecule has 19 heavy (non-hydrogen) atoms. The number of hydrogen-bond acceptors (Lipinski definition) is 2. The molecule has 2 rings (SSSR count). The van der Waals surface area contributed by atoms with Crippen molar-refractivity contribution >= 4 is 0 Å². The van der Waals surface area contributed by atoms with Crippen LogP contribution in [0.1, 0.15) is 52.0 Å². The Morgan fingerprint density at radius 1 is 1.16 bits per heavy atom. The zero-order chi connectivity index (χ0) is 13.7. The first-order valence-corrected chi connectivity index (χ1v) is 7.63. The fourth-order valence-electron chi connectivity index (χ4n) is 2.92. The largest absolute Gasteiger partial charge is 0.345 e. The van der Waals surface area contributed by atoms with E-state index in [9.17, 15) is 0 Å². The van der Waals surface area contributed by atoms with Crippen LogP contribution in [0.5, 0.6) is 0 Å². The molecule has 0 aromatic heterocycles. The lowest BCUT2D eigenvalue weighted by atomic mass is 9.92. The van der Waals surface area contributed by atoms with E-state index in [0.29, 0.717) is 12.0 Å². The van der Waals surface area contributed by atoms with Gasteiger partial charge in [-0.2, -0.15) is 0 Å². The molecule has 0 amide bonds. The Labute approximate surface area is 117 Å². The third kappa shape index (κ3) is 3.01. The molecule has 1 aromatic carbocycles. The summed E-state index contributed by atoms with van der Waals surface area (Å²) < 4.78 is 12.6. The highest BCUT2D eigenvalue weighted by atomic mass is 16.7. The molecule has 0 spiro atoms. The summed E-state index contributed by atoms with van der Waals surface area (Å²) in [5.41, 5.74) is 1.15. The van der Waals surface area contributed by atoms with Crippen LogP contribution in [0.15, 0.2) is 30.3 Å². The van der Waals surface area contributed by atoms with E-state index in [1.807, 2.05) is 6.07 Å². The smallest absolute Gasteiger partial charge is 0.194 e. The molecule has 0 aliphatic carbocycles. The summed E-state index contributed by atoms with van der Waals surface area (Å²) in [6.45, 7) is 7.40. The van der Waals surface area contributed by atoms with Crippen LogP contribution in [0.25, 0.3) is 0 Å². The van der Waals surface area contributed by atoms with Crippen molar-refractivity contribution in [3.05, 3.63) is 35.9 Å². The highest BCUT2D eigenvalue weighted by Crippen LogP contribution is 2.39. The minimum absolute atomic E-state index is 0.323. The Bertz CT molecular complexity index is 376. The standard InChI is InChI=1S/C17H26O2/c1-4-10-16-14(5-2)13-18-17(6-3,19-16)15-11-8-7-9-12-15/h7-9,11-12,14,16H,4-6,10,13H2,1-3H3. The summed E-state index contributed by atoms with van der Waals surface area (Å²) in [7, 11) is 0. The first-order chi connectivity index (χ1) is 9.25. The predicted molar refractivity (Wildman–Crippen MR) is 77.9 cm³/mol. The molecule has 2 nitrogen and oxygen atoms in total.